The molecule has 0 aliphatic heterocycles. The molecule has 0 unspecified atom stereocenters. The van der Waals surface area contributed by atoms with Crippen molar-refractivity contribution in [3.05, 3.63) is 70.3 Å². The van der Waals surface area contributed by atoms with Crippen molar-refractivity contribution < 1.29 is 9.53 Å². The lowest BCUT2D eigenvalue weighted by atomic mass is 10.2. The zero-order valence-electron chi connectivity index (χ0n) is 13.4. The van der Waals surface area contributed by atoms with E-state index in [-0.39, 0.29) is 18.1 Å². The monoisotopic (exact) mass is 323 g/mol. The Hall–Kier alpha value is -3.15. The fourth-order valence-electron chi connectivity index (χ4n) is 2.37. The van der Waals surface area contributed by atoms with E-state index >= 15 is 0 Å². The van der Waals surface area contributed by atoms with E-state index in [1.165, 1.54) is 17.4 Å². The fourth-order valence-corrected chi connectivity index (χ4v) is 2.37. The van der Waals surface area contributed by atoms with Crippen LogP contribution in [0.3, 0.4) is 0 Å². The molecule has 0 radical (unpaired) electrons. The molecule has 1 N–H and O–H groups in total. The Morgan fingerprint density at radius 2 is 2.08 bits per heavy atom. The molecule has 3 rings (SSSR count). The van der Waals surface area contributed by atoms with E-state index in [0.717, 1.165) is 5.56 Å². The fraction of sp³-hybridized carbons (Fsp3) is 0.167. The standard InChI is InChI=1S/C18H17N3O3/c1-12-6-7-14(19-13(2)22)9-16(12)24-11-15-10-18(23)21-8-4-3-5-17(21)20-15/h3-10H,11H2,1-2H3,(H,19,22). The van der Waals surface area contributed by atoms with Gasteiger partial charge in [-0.25, -0.2) is 4.98 Å². The number of carbonyl (C=O) groups is 1. The van der Waals surface area contributed by atoms with Crippen LogP contribution in [0.4, 0.5) is 5.69 Å². The molecule has 0 fully saturated rings. The van der Waals surface area contributed by atoms with Crippen molar-refractivity contribution in [2.45, 2.75) is 20.5 Å². The summed E-state index contributed by atoms with van der Waals surface area (Å²) in [6.07, 6.45) is 1.68. The Morgan fingerprint density at radius 3 is 2.88 bits per heavy atom. The summed E-state index contributed by atoms with van der Waals surface area (Å²) in [5, 5.41) is 2.72. The highest BCUT2D eigenvalue weighted by atomic mass is 16.5. The van der Waals surface area contributed by atoms with Crippen molar-refractivity contribution in [1.82, 2.24) is 9.38 Å². The molecule has 0 bridgehead atoms. The third-order valence-electron chi connectivity index (χ3n) is 3.51. The number of nitrogens with zero attached hydrogens (tertiary/aromatic N) is 2. The number of aromatic nitrogens is 2. The first-order valence-corrected chi connectivity index (χ1v) is 7.51. The first-order valence-electron chi connectivity index (χ1n) is 7.51. The van der Waals surface area contributed by atoms with Gasteiger partial charge < -0.3 is 10.1 Å². The Labute approximate surface area is 138 Å². The third-order valence-corrected chi connectivity index (χ3v) is 3.51. The van der Waals surface area contributed by atoms with Crippen LogP contribution in [0.2, 0.25) is 0 Å². The number of hydrogen-bond acceptors (Lipinski definition) is 4. The maximum atomic E-state index is 12.1. The van der Waals surface area contributed by atoms with Gasteiger partial charge in [-0.05, 0) is 30.7 Å². The lowest BCUT2D eigenvalue weighted by Gasteiger charge is -2.11. The van der Waals surface area contributed by atoms with Gasteiger partial charge in [-0.15, -0.1) is 0 Å². The van der Waals surface area contributed by atoms with E-state index in [0.29, 0.717) is 22.8 Å². The van der Waals surface area contributed by atoms with Crippen molar-refractivity contribution in [1.29, 1.82) is 0 Å². The Bertz CT molecular complexity index is 963. The van der Waals surface area contributed by atoms with Crippen LogP contribution in [0, 0.1) is 6.92 Å². The molecule has 0 aliphatic rings. The van der Waals surface area contributed by atoms with Gasteiger partial charge in [0.15, 0.2) is 0 Å². The third kappa shape index (κ3) is 3.43. The van der Waals surface area contributed by atoms with Crippen molar-refractivity contribution in [2.75, 3.05) is 5.32 Å². The molecule has 1 aromatic carbocycles. The van der Waals surface area contributed by atoms with Crippen LogP contribution in [0.1, 0.15) is 18.2 Å². The maximum absolute atomic E-state index is 12.1. The van der Waals surface area contributed by atoms with Crippen LogP contribution in [-0.4, -0.2) is 15.3 Å². The Balaban J connectivity index is 1.83. The van der Waals surface area contributed by atoms with E-state index in [9.17, 15) is 9.59 Å². The molecule has 0 spiro atoms. The largest absolute Gasteiger partial charge is 0.487 e. The lowest BCUT2D eigenvalue weighted by Crippen LogP contribution is -2.16. The van der Waals surface area contributed by atoms with E-state index in [4.69, 9.17) is 4.74 Å². The normalized spacial score (nSPS) is 10.6. The highest BCUT2D eigenvalue weighted by Crippen LogP contribution is 2.23. The number of anilines is 1. The molecule has 6 nitrogen and oxygen atoms in total. The minimum absolute atomic E-state index is 0.144. The van der Waals surface area contributed by atoms with Gasteiger partial charge in [0, 0.05) is 30.9 Å². The van der Waals surface area contributed by atoms with Gasteiger partial charge >= 0.3 is 0 Å². The molecule has 0 saturated heterocycles. The SMILES string of the molecule is CC(=O)Nc1ccc(C)c(OCc2cc(=O)n3ccccc3n2)c1. The zero-order valence-corrected chi connectivity index (χ0v) is 13.4. The number of hydrogen-bond donors (Lipinski definition) is 1. The topological polar surface area (TPSA) is 72.7 Å². The molecule has 0 aliphatic carbocycles. The zero-order chi connectivity index (χ0) is 17.1. The number of fused-ring (bicyclic) bond motifs is 1. The second-order valence-electron chi connectivity index (χ2n) is 5.46. The minimum atomic E-state index is -0.150. The highest BCUT2D eigenvalue weighted by molar-refractivity contribution is 5.88. The summed E-state index contributed by atoms with van der Waals surface area (Å²) in [6, 6.07) is 12.3. The molecule has 1 amide bonds. The number of nitrogens with one attached hydrogen (secondary N) is 1. The molecule has 6 heteroatoms. The first-order chi connectivity index (χ1) is 11.5. The van der Waals surface area contributed by atoms with E-state index in [1.807, 2.05) is 25.1 Å². The van der Waals surface area contributed by atoms with Crippen LogP contribution in [0.15, 0.2) is 53.5 Å². The summed E-state index contributed by atoms with van der Waals surface area (Å²) in [5.41, 5.74) is 2.57. The lowest BCUT2D eigenvalue weighted by molar-refractivity contribution is -0.114. The molecule has 0 saturated carbocycles. The summed E-state index contributed by atoms with van der Waals surface area (Å²) in [7, 11) is 0. The number of carbonyl (C=O) groups excluding carboxylic acids is 1. The summed E-state index contributed by atoms with van der Waals surface area (Å²) >= 11 is 0. The van der Waals surface area contributed by atoms with Crippen molar-refractivity contribution in [3.8, 4) is 5.75 Å². The average Bonchev–Trinajstić information content (AvgIpc) is 2.55. The van der Waals surface area contributed by atoms with Gasteiger partial charge in [-0.1, -0.05) is 12.1 Å². The number of ether oxygens (including phenoxy) is 1. The van der Waals surface area contributed by atoms with Crippen LogP contribution >= 0.6 is 0 Å². The van der Waals surface area contributed by atoms with Crippen molar-refractivity contribution >= 4 is 17.2 Å². The molecular formula is C18H17N3O3. The molecule has 0 atom stereocenters. The second kappa shape index (κ2) is 6.54. The van der Waals surface area contributed by atoms with Gasteiger partial charge in [0.05, 0.1) is 5.69 Å². The Morgan fingerprint density at radius 1 is 1.25 bits per heavy atom. The number of rotatable bonds is 4. The quantitative estimate of drug-likeness (QED) is 0.801. The summed E-state index contributed by atoms with van der Waals surface area (Å²) in [4.78, 5) is 27.6. The molecule has 3 aromatic rings. The maximum Gasteiger partial charge on any atom is 0.258 e. The molecular weight excluding hydrogens is 306 g/mol. The van der Waals surface area contributed by atoms with E-state index in [1.54, 1.807) is 24.4 Å². The number of benzene rings is 1. The molecule has 2 heterocycles. The van der Waals surface area contributed by atoms with Crippen LogP contribution < -0.4 is 15.6 Å². The van der Waals surface area contributed by atoms with Crippen molar-refractivity contribution in [2.24, 2.45) is 0 Å². The van der Waals surface area contributed by atoms with Crippen LogP contribution in [0.25, 0.3) is 5.65 Å². The highest BCUT2D eigenvalue weighted by Gasteiger charge is 2.06. The summed E-state index contributed by atoms with van der Waals surface area (Å²) in [5.74, 6) is 0.491. The minimum Gasteiger partial charge on any atom is -0.487 e. The smallest absolute Gasteiger partial charge is 0.258 e. The summed E-state index contributed by atoms with van der Waals surface area (Å²) < 4.78 is 7.27. The molecule has 24 heavy (non-hydrogen) atoms. The van der Waals surface area contributed by atoms with Gasteiger partial charge in [0.1, 0.15) is 18.0 Å². The molecule has 2 aromatic heterocycles. The number of amides is 1. The predicted octanol–water partition coefficient (Wildman–Crippen LogP) is 2.54. The van der Waals surface area contributed by atoms with Gasteiger partial charge in [0.25, 0.3) is 5.56 Å². The molecule has 122 valence electrons. The van der Waals surface area contributed by atoms with Crippen LogP contribution in [0.5, 0.6) is 5.75 Å². The first kappa shape index (κ1) is 15.7. The van der Waals surface area contributed by atoms with Gasteiger partial charge in [-0.2, -0.15) is 0 Å². The number of pyridine rings is 1. The van der Waals surface area contributed by atoms with Crippen LogP contribution in [-0.2, 0) is 11.4 Å². The van der Waals surface area contributed by atoms with E-state index < -0.39 is 0 Å². The second-order valence-corrected chi connectivity index (χ2v) is 5.46. The van der Waals surface area contributed by atoms with Gasteiger partial charge in [-0.3, -0.25) is 14.0 Å². The Kier molecular flexibility index (Phi) is 4.29. The predicted molar refractivity (Wildman–Crippen MR) is 91.3 cm³/mol. The number of aryl methyl sites for hydroxylation is 1. The summed E-state index contributed by atoms with van der Waals surface area (Å²) in [6.45, 7) is 3.54. The van der Waals surface area contributed by atoms with E-state index in [2.05, 4.69) is 10.3 Å². The van der Waals surface area contributed by atoms with Crippen molar-refractivity contribution in [3.63, 3.8) is 0 Å². The van der Waals surface area contributed by atoms with Gasteiger partial charge in [0.2, 0.25) is 5.91 Å². The average molecular weight is 323 g/mol.